The summed E-state index contributed by atoms with van der Waals surface area (Å²) in [5.41, 5.74) is 6.43. The second kappa shape index (κ2) is 5.48. The van der Waals surface area contributed by atoms with Crippen LogP contribution in [0, 0.1) is 17.8 Å². The molecule has 104 valence electrons. The highest BCUT2D eigenvalue weighted by atomic mass is 15.1. The Kier molecular flexibility index (Phi) is 3.92. The molecule has 3 fully saturated rings. The van der Waals surface area contributed by atoms with Gasteiger partial charge in [0.2, 0.25) is 0 Å². The number of nitrogens with two attached hydrogens (primary N) is 1. The molecule has 0 spiro atoms. The van der Waals surface area contributed by atoms with Gasteiger partial charge in [-0.1, -0.05) is 19.8 Å². The van der Waals surface area contributed by atoms with Gasteiger partial charge in [0.15, 0.2) is 0 Å². The summed E-state index contributed by atoms with van der Waals surface area (Å²) in [5, 5.41) is 7.44. The summed E-state index contributed by atoms with van der Waals surface area (Å²) >= 11 is 0. The van der Waals surface area contributed by atoms with E-state index in [4.69, 9.17) is 5.73 Å². The second-order valence-corrected chi connectivity index (χ2v) is 6.96. The quantitative estimate of drug-likeness (QED) is 0.661. The van der Waals surface area contributed by atoms with Gasteiger partial charge in [-0.3, -0.25) is 0 Å². The van der Waals surface area contributed by atoms with Crippen molar-refractivity contribution in [2.45, 2.75) is 63.6 Å². The fraction of sp³-hybridized carbons (Fsp3) is 1.00. The molecule has 4 N–H and O–H groups in total. The van der Waals surface area contributed by atoms with Gasteiger partial charge in [0.25, 0.3) is 0 Å². The molecular weight excluding hydrogens is 222 g/mol. The topological polar surface area (TPSA) is 50.1 Å². The molecule has 1 saturated carbocycles. The van der Waals surface area contributed by atoms with E-state index in [0.717, 1.165) is 24.9 Å². The van der Waals surface area contributed by atoms with E-state index in [0.29, 0.717) is 24.0 Å². The molecule has 1 aliphatic carbocycles. The normalized spacial score (nSPS) is 49.7. The highest BCUT2D eigenvalue weighted by Gasteiger charge is 2.39. The standard InChI is InChI=1S/C15H29N3/c1-10-2-4-11(5-3-10)15-8-13(16)12-9-17-7-6-14(12)18-15/h10-15,17-18H,2-9,16H2,1H3. The highest BCUT2D eigenvalue weighted by Crippen LogP contribution is 2.35. The number of hydrogen-bond acceptors (Lipinski definition) is 3. The van der Waals surface area contributed by atoms with Crippen LogP contribution in [-0.4, -0.2) is 31.2 Å². The molecule has 3 nitrogen and oxygen atoms in total. The highest BCUT2D eigenvalue weighted by molar-refractivity contribution is 4.99. The number of rotatable bonds is 1. The first-order valence-corrected chi connectivity index (χ1v) is 7.96. The molecule has 4 unspecified atom stereocenters. The van der Waals surface area contributed by atoms with Crippen LogP contribution in [0.3, 0.4) is 0 Å². The number of fused-ring (bicyclic) bond motifs is 1. The van der Waals surface area contributed by atoms with Crippen LogP contribution in [0.5, 0.6) is 0 Å². The Morgan fingerprint density at radius 3 is 2.56 bits per heavy atom. The molecular formula is C15H29N3. The Bertz CT molecular complexity index is 273. The van der Waals surface area contributed by atoms with Gasteiger partial charge in [0.05, 0.1) is 0 Å². The van der Waals surface area contributed by atoms with Crippen molar-refractivity contribution in [3.05, 3.63) is 0 Å². The third-order valence-electron chi connectivity index (χ3n) is 5.66. The molecule has 3 aliphatic rings. The average Bonchev–Trinajstić information content (AvgIpc) is 2.39. The van der Waals surface area contributed by atoms with E-state index in [1.807, 2.05) is 0 Å². The first-order valence-electron chi connectivity index (χ1n) is 7.96. The summed E-state index contributed by atoms with van der Waals surface area (Å²) < 4.78 is 0. The Morgan fingerprint density at radius 1 is 1.00 bits per heavy atom. The zero-order valence-corrected chi connectivity index (χ0v) is 11.7. The van der Waals surface area contributed by atoms with Gasteiger partial charge >= 0.3 is 0 Å². The van der Waals surface area contributed by atoms with E-state index in [-0.39, 0.29) is 0 Å². The third kappa shape index (κ3) is 2.59. The molecule has 0 radical (unpaired) electrons. The molecule has 18 heavy (non-hydrogen) atoms. The van der Waals surface area contributed by atoms with E-state index in [1.54, 1.807) is 0 Å². The lowest BCUT2D eigenvalue weighted by Crippen LogP contribution is -2.63. The van der Waals surface area contributed by atoms with Crippen molar-refractivity contribution in [2.24, 2.45) is 23.5 Å². The average molecular weight is 251 g/mol. The molecule has 2 heterocycles. The molecule has 2 aliphatic heterocycles. The SMILES string of the molecule is CC1CCC(C2CC(N)C3CNCCC3N2)CC1. The lowest BCUT2D eigenvalue weighted by atomic mass is 9.72. The summed E-state index contributed by atoms with van der Waals surface area (Å²) in [6.45, 7) is 4.68. The minimum atomic E-state index is 0.411. The van der Waals surface area contributed by atoms with Gasteiger partial charge in [-0.25, -0.2) is 0 Å². The van der Waals surface area contributed by atoms with E-state index in [9.17, 15) is 0 Å². The van der Waals surface area contributed by atoms with Crippen molar-refractivity contribution >= 4 is 0 Å². The minimum Gasteiger partial charge on any atom is -0.327 e. The Balaban J connectivity index is 1.60. The first kappa shape index (κ1) is 12.9. The Morgan fingerprint density at radius 2 is 1.78 bits per heavy atom. The molecule has 0 aromatic carbocycles. The summed E-state index contributed by atoms with van der Waals surface area (Å²) in [5.74, 6) is 2.51. The largest absolute Gasteiger partial charge is 0.327 e. The number of nitrogens with one attached hydrogen (secondary N) is 2. The van der Waals surface area contributed by atoms with Crippen LogP contribution in [-0.2, 0) is 0 Å². The number of piperidine rings is 2. The Labute approximate surface area is 111 Å². The maximum absolute atomic E-state index is 6.43. The van der Waals surface area contributed by atoms with Crippen molar-refractivity contribution in [1.29, 1.82) is 0 Å². The zero-order chi connectivity index (χ0) is 12.5. The van der Waals surface area contributed by atoms with Crippen LogP contribution in [0.4, 0.5) is 0 Å². The van der Waals surface area contributed by atoms with Gasteiger partial charge in [-0.2, -0.15) is 0 Å². The lowest BCUT2D eigenvalue weighted by molar-refractivity contribution is 0.113. The molecule has 0 aromatic rings. The molecule has 4 atom stereocenters. The van der Waals surface area contributed by atoms with E-state index in [1.165, 1.54) is 38.5 Å². The first-order chi connectivity index (χ1) is 8.74. The summed E-state index contributed by atoms with van der Waals surface area (Å²) in [7, 11) is 0. The van der Waals surface area contributed by atoms with Crippen molar-refractivity contribution in [3.63, 3.8) is 0 Å². The van der Waals surface area contributed by atoms with E-state index < -0.39 is 0 Å². The van der Waals surface area contributed by atoms with Crippen LogP contribution >= 0.6 is 0 Å². The smallest absolute Gasteiger partial charge is 0.0137 e. The van der Waals surface area contributed by atoms with Crippen LogP contribution in [0.25, 0.3) is 0 Å². The zero-order valence-electron chi connectivity index (χ0n) is 11.7. The summed E-state index contributed by atoms with van der Waals surface area (Å²) in [6.07, 6.45) is 8.14. The fourth-order valence-electron chi connectivity index (χ4n) is 4.37. The van der Waals surface area contributed by atoms with Crippen LogP contribution in [0.15, 0.2) is 0 Å². The van der Waals surface area contributed by atoms with E-state index in [2.05, 4.69) is 17.6 Å². The molecule has 3 heteroatoms. The predicted molar refractivity (Wildman–Crippen MR) is 75.4 cm³/mol. The molecule has 3 rings (SSSR count). The molecule has 0 aromatic heterocycles. The number of hydrogen-bond donors (Lipinski definition) is 3. The molecule has 0 bridgehead atoms. The van der Waals surface area contributed by atoms with Gasteiger partial charge in [0, 0.05) is 30.6 Å². The van der Waals surface area contributed by atoms with Crippen LogP contribution in [0.2, 0.25) is 0 Å². The maximum Gasteiger partial charge on any atom is 0.0137 e. The van der Waals surface area contributed by atoms with Gasteiger partial charge in [-0.05, 0) is 44.1 Å². The third-order valence-corrected chi connectivity index (χ3v) is 5.66. The van der Waals surface area contributed by atoms with Crippen molar-refractivity contribution in [1.82, 2.24) is 10.6 Å². The van der Waals surface area contributed by atoms with Gasteiger partial charge in [0.1, 0.15) is 0 Å². The van der Waals surface area contributed by atoms with Crippen molar-refractivity contribution in [3.8, 4) is 0 Å². The Hall–Kier alpha value is -0.120. The summed E-state index contributed by atoms with van der Waals surface area (Å²) in [4.78, 5) is 0. The van der Waals surface area contributed by atoms with E-state index >= 15 is 0 Å². The molecule has 0 amide bonds. The van der Waals surface area contributed by atoms with Gasteiger partial charge < -0.3 is 16.4 Å². The van der Waals surface area contributed by atoms with Crippen molar-refractivity contribution in [2.75, 3.05) is 13.1 Å². The van der Waals surface area contributed by atoms with Crippen LogP contribution < -0.4 is 16.4 Å². The maximum atomic E-state index is 6.43. The predicted octanol–water partition coefficient (Wildman–Crippen LogP) is 1.48. The second-order valence-electron chi connectivity index (χ2n) is 6.96. The minimum absolute atomic E-state index is 0.411. The fourth-order valence-corrected chi connectivity index (χ4v) is 4.37. The lowest BCUT2D eigenvalue weighted by Gasteiger charge is -2.47. The molecule has 2 saturated heterocycles. The summed E-state index contributed by atoms with van der Waals surface area (Å²) in [6, 6.07) is 1.79. The monoisotopic (exact) mass is 251 g/mol. The van der Waals surface area contributed by atoms with Crippen LogP contribution in [0.1, 0.15) is 45.4 Å². The van der Waals surface area contributed by atoms with Gasteiger partial charge in [-0.15, -0.1) is 0 Å². The van der Waals surface area contributed by atoms with Crippen molar-refractivity contribution < 1.29 is 0 Å².